The van der Waals surface area contributed by atoms with E-state index in [-0.39, 0.29) is 31.3 Å². The molecule has 0 bridgehead atoms. The standard InChI is InChI=1S/C39H56O9/c1-5-6-7-8-9-10-11-12-13-14-15-16-17-18-35(40)48-30-21-27-24-45-39(41)37(27)36(29-23-32-31(22-28(29)30)46-25-47-32)26-19-33(42-2)38(44-4)34(20-26)43-3/h19-20,22-23,27,30,33,36-38H,5-18,21,24-25H2,1-4H3. The molecule has 1 aromatic carbocycles. The highest BCUT2D eigenvalue weighted by molar-refractivity contribution is 5.78. The van der Waals surface area contributed by atoms with Gasteiger partial charge in [0.2, 0.25) is 6.79 Å². The number of ether oxygens (including phenoxy) is 7. The summed E-state index contributed by atoms with van der Waals surface area (Å²) >= 11 is 0. The molecule has 4 aliphatic rings. The van der Waals surface area contributed by atoms with Crippen LogP contribution in [-0.2, 0) is 33.3 Å². The molecule has 0 amide bonds. The minimum Gasteiger partial charge on any atom is -0.498 e. The van der Waals surface area contributed by atoms with Crippen molar-refractivity contribution in [2.45, 2.75) is 127 Å². The summed E-state index contributed by atoms with van der Waals surface area (Å²) in [5.74, 6) is 0.312. The maximum atomic E-state index is 13.4. The van der Waals surface area contributed by atoms with Gasteiger partial charge in [0.1, 0.15) is 24.1 Å². The van der Waals surface area contributed by atoms with Crippen LogP contribution in [0.5, 0.6) is 11.5 Å². The molecule has 2 heterocycles. The lowest BCUT2D eigenvalue weighted by atomic mass is 9.74. The van der Waals surface area contributed by atoms with E-state index in [0.29, 0.717) is 30.1 Å². The Hall–Kier alpha value is -3.04. The molecule has 9 heteroatoms. The fourth-order valence-corrected chi connectivity index (χ4v) is 7.87. The van der Waals surface area contributed by atoms with Crippen LogP contribution in [0.1, 0.15) is 126 Å². The van der Waals surface area contributed by atoms with Crippen LogP contribution in [0.15, 0.2) is 35.6 Å². The van der Waals surface area contributed by atoms with Gasteiger partial charge < -0.3 is 33.2 Å². The van der Waals surface area contributed by atoms with Crippen LogP contribution in [0, 0.1) is 11.8 Å². The second-order valence-corrected chi connectivity index (χ2v) is 13.7. The average Bonchev–Trinajstić information content (AvgIpc) is 3.68. The average molecular weight is 669 g/mol. The lowest BCUT2D eigenvalue weighted by Crippen LogP contribution is -2.35. The minimum atomic E-state index is -0.545. The van der Waals surface area contributed by atoms with E-state index in [0.717, 1.165) is 36.0 Å². The van der Waals surface area contributed by atoms with Gasteiger partial charge in [0, 0.05) is 38.0 Å². The van der Waals surface area contributed by atoms with Crippen molar-refractivity contribution < 1.29 is 42.7 Å². The highest BCUT2D eigenvalue weighted by atomic mass is 16.7. The van der Waals surface area contributed by atoms with Gasteiger partial charge in [-0.05, 0) is 48.3 Å². The van der Waals surface area contributed by atoms with Gasteiger partial charge in [-0.15, -0.1) is 0 Å². The summed E-state index contributed by atoms with van der Waals surface area (Å²) in [6.45, 7) is 2.64. The molecule has 6 unspecified atom stereocenters. The van der Waals surface area contributed by atoms with E-state index in [1.165, 1.54) is 64.2 Å². The molecule has 0 radical (unpaired) electrons. The fourth-order valence-electron chi connectivity index (χ4n) is 7.87. The van der Waals surface area contributed by atoms with Crippen LogP contribution in [0.4, 0.5) is 0 Å². The number of rotatable bonds is 19. The molecule has 0 aromatic heterocycles. The second kappa shape index (κ2) is 18.1. The van der Waals surface area contributed by atoms with Gasteiger partial charge in [0.05, 0.1) is 19.6 Å². The third kappa shape index (κ3) is 8.75. The Morgan fingerprint density at radius 3 is 2.04 bits per heavy atom. The molecule has 1 fully saturated rings. The Balaban J connectivity index is 1.25. The minimum absolute atomic E-state index is 0.109. The molecule has 48 heavy (non-hydrogen) atoms. The largest absolute Gasteiger partial charge is 0.498 e. The summed E-state index contributed by atoms with van der Waals surface area (Å²) in [5, 5.41) is 0. The Morgan fingerprint density at radius 1 is 0.812 bits per heavy atom. The predicted octanol–water partition coefficient (Wildman–Crippen LogP) is 8.26. The van der Waals surface area contributed by atoms with Crippen molar-refractivity contribution in [2.75, 3.05) is 34.7 Å². The number of carbonyl (C=O) groups excluding carboxylic acids is 2. The molecule has 5 rings (SSSR count). The number of allylic oxidation sites excluding steroid dienone is 2. The van der Waals surface area contributed by atoms with Crippen molar-refractivity contribution in [3.05, 3.63) is 46.7 Å². The highest BCUT2D eigenvalue weighted by Crippen LogP contribution is 2.53. The van der Waals surface area contributed by atoms with Gasteiger partial charge in [-0.3, -0.25) is 9.59 Å². The number of methoxy groups -OCH3 is 3. The molecular formula is C39H56O9. The van der Waals surface area contributed by atoms with Crippen LogP contribution in [-0.4, -0.2) is 58.9 Å². The van der Waals surface area contributed by atoms with Crippen LogP contribution in [0.3, 0.4) is 0 Å². The maximum Gasteiger partial charge on any atom is 0.310 e. The molecule has 0 spiro atoms. The first-order valence-electron chi connectivity index (χ1n) is 18.3. The van der Waals surface area contributed by atoms with Crippen LogP contribution in [0.25, 0.3) is 0 Å². The molecule has 266 valence electrons. The van der Waals surface area contributed by atoms with E-state index in [2.05, 4.69) is 6.92 Å². The Morgan fingerprint density at radius 2 is 1.44 bits per heavy atom. The first kappa shape index (κ1) is 36.2. The molecule has 9 nitrogen and oxygen atoms in total. The van der Waals surface area contributed by atoms with Gasteiger partial charge in [-0.1, -0.05) is 84.0 Å². The van der Waals surface area contributed by atoms with Gasteiger partial charge >= 0.3 is 11.9 Å². The van der Waals surface area contributed by atoms with Gasteiger partial charge in [-0.2, -0.15) is 0 Å². The smallest absolute Gasteiger partial charge is 0.310 e. The van der Waals surface area contributed by atoms with Gasteiger partial charge in [0.25, 0.3) is 0 Å². The number of carbonyl (C=O) groups is 2. The summed E-state index contributed by atoms with van der Waals surface area (Å²) in [7, 11) is 4.85. The number of hydrogen-bond acceptors (Lipinski definition) is 9. The Labute approximate surface area is 286 Å². The van der Waals surface area contributed by atoms with Crippen molar-refractivity contribution in [1.29, 1.82) is 0 Å². The molecule has 2 aliphatic carbocycles. The predicted molar refractivity (Wildman–Crippen MR) is 182 cm³/mol. The fraction of sp³-hybridized carbons (Fsp3) is 0.692. The van der Waals surface area contributed by atoms with E-state index >= 15 is 0 Å². The lowest BCUT2D eigenvalue weighted by molar-refractivity contribution is -0.150. The summed E-state index contributed by atoms with van der Waals surface area (Å²) in [6, 6.07) is 3.87. The van der Waals surface area contributed by atoms with Crippen LogP contribution in [0.2, 0.25) is 0 Å². The quantitative estimate of drug-likeness (QED) is 0.107. The summed E-state index contributed by atoms with van der Waals surface area (Å²) < 4.78 is 40.7. The van der Waals surface area contributed by atoms with Gasteiger partial charge in [0.15, 0.2) is 11.5 Å². The Bertz CT molecular complexity index is 1290. The first-order chi connectivity index (χ1) is 23.5. The summed E-state index contributed by atoms with van der Waals surface area (Å²) in [6.07, 6.45) is 19.7. The second-order valence-electron chi connectivity index (χ2n) is 13.7. The molecule has 2 aliphatic heterocycles. The topological polar surface area (TPSA) is 98.8 Å². The number of esters is 2. The van der Waals surface area contributed by atoms with E-state index in [1.807, 2.05) is 24.3 Å². The van der Waals surface area contributed by atoms with E-state index < -0.39 is 30.1 Å². The number of benzene rings is 1. The Kier molecular flexibility index (Phi) is 13.7. The first-order valence-corrected chi connectivity index (χ1v) is 18.3. The lowest BCUT2D eigenvalue weighted by Gasteiger charge is -2.33. The number of unbranched alkanes of at least 4 members (excludes halogenated alkanes) is 12. The van der Waals surface area contributed by atoms with Crippen molar-refractivity contribution in [1.82, 2.24) is 0 Å². The van der Waals surface area contributed by atoms with E-state index in [4.69, 9.17) is 33.2 Å². The number of fused-ring (bicyclic) bond motifs is 3. The molecular weight excluding hydrogens is 612 g/mol. The zero-order chi connectivity index (χ0) is 33.9. The molecule has 6 atom stereocenters. The van der Waals surface area contributed by atoms with E-state index in [1.54, 1.807) is 21.3 Å². The summed E-state index contributed by atoms with van der Waals surface area (Å²) in [5.41, 5.74) is 2.55. The molecule has 0 N–H and O–H groups in total. The normalized spacial score (nSPS) is 25.8. The summed E-state index contributed by atoms with van der Waals surface area (Å²) in [4.78, 5) is 26.7. The van der Waals surface area contributed by atoms with Crippen molar-refractivity contribution in [3.8, 4) is 11.5 Å². The zero-order valence-corrected chi connectivity index (χ0v) is 29.5. The van der Waals surface area contributed by atoms with Crippen molar-refractivity contribution in [2.24, 2.45) is 11.8 Å². The number of cyclic esters (lactones) is 1. The molecule has 1 aromatic rings. The van der Waals surface area contributed by atoms with Gasteiger partial charge in [-0.25, -0.2) is 0 Å². The van der Waals surface area contributed by atoms with Crippen molar-refractivity contribution in [3.63, 3.8) is 0 Å². The van der Waals surface area contributed by atoms with Crippen LogP contribution >= 0.6 is 0 Å². The monoisotopic (exact) mass is 668 g/mol. The van der Waals surface area contributed by atoms with Crippen molar-refractivity contribution >= 4 is 11.9 Å². The molecule has 1 saturated heterocycles. The third-order valence-corrected chi connectivity index (χ3v) is 10.5. The number of hydrogen-bond donors (Lipinski definition) is 0. The molecule has 0 saturated carbocycles. The maximum absolute atomic E-state index is 13.4. The highest BCUT2D eigenvalue weighted by Gasteiger charge is 2.50. The van der Waals surface area contributed by atoms with E-state index in [9.17, 15) is 9.59 Å². The SMILES string of the molecule is CCCCCCCCCCCCCCCC(=O)OC1CC2COC(=O)C2C(C2=CC(OC)C(OC)C(OC)=C2)c2cc3c(cc21)OCO3. The van der Waals surface area contributed by atoms with Crippen LogP contribution < -0.4 is 9.47 Å². The third-order valence-electron chi connectivity index (χ3n) is 10.5. The zero-order valence-electron chi connectivity index (χ0n) is 29.5.